The van der Waals surface area contributed by atoms with Crippen molar-refractivity contribution in [1.29, 1.82) is 0 Å². The van der Waals surface area contributed by atoms with Gasteiger partial charge in [0.15, 0.2) is 0 Å². The summed E-state index contributed by atoms with van der Waals surface area (Å²) in [5.41, 5.74) is 0. The lowest BCUT2D eigenvalue weighted by Crippen LogP contribution is -2.47. The van der Waals surface area contributed by atoms with Gasteiger partial charge < -0.3 is 20.4 Å². The van der Waals surface area contributed by atoms with E-state index in [0.717, 1.165) is 0 Å². The Balaban J connectivity index is 2.83. The molecule has 5 heteroatoms. The summed E-state index contributed by atoms with van der Waals surface area (Å²) >= 11 is 2.94. The summed E-state index contributed by atoms with van der Waals surface area (Å²) in [4.78, 5) is 0. The van der Waals surface area contributed by atoms with Crippen molar-refractivity contribution >= 4 is 15.9 Å². The number of hydrogen-bond acceptors (Lipinski definition) is 4. The Kier molecular flexibility index (Phi) is 2.66. The first kappa shape index (κ1) is 9.15. The number of aliphatic hydroxyl groups is 4. The molecule has 0 aliphatic heterocycles. The first-order valence-electron chi connectivity index (χ1n) is 3.13. The van der Waals surface area contributed by atoms with E-state index >= 15 is 0 Å². The molecule has 11 heavy (non-hydrogen) atoms. The fraction of sp³-hybridized carbons (Fsp3) is 0.667. The highest BCUT2D eigenvalue weighted by Crippen LogP contribution is 2.23. The van der Waals surface area contributed by atoms with Gasteiger partial charge in [-0.15, -0.1) is 0 Å². The fourth-order valence-corrected chi connectivity index (χ4v) is 1.45. The Morgan fingerprint density at radius 1 is 1.09 bits per heavy atom. The maximum absolute atomic E-state index is 9.10. The van der Waals surface area contributed by atoms with Gasteiger partial charge in [0.25, 0.3) is 0 Å². The summed E-state index contributed by atoms with van der Waals surface area (Å²) < 4.78 is 0.294. The van der Waals surface area contributed by atoms with Crippen LogP contribution in [0.25, 0.3) is 0 Å². The molecule has 0 amide bonds. The van der Waals surface area contributed by atoms with E-state index in [0.29, 0.717) is 4.48 Å². The maximum Gasteiger partial charge on any atom is 0.114 e. The van der Waals surface area contributed by atoms with Gasteiger partial charge >= 0.3 is 0 Å². The van der Waals surface area contributed by atoms with Gasteiger partial charge in [0.1, 0.15) is 24.4 Å². The molecule has 64 valence electrons. The molecule has 0 fully saturated rings. The molecule has 0 bridgehead atoms. The Morgan fingerprint density at radius 3 is 2.18 bits per heavy atom. The highest BCUT2D eigenvalue weighted by molar-refractivity contribution is 9.11. The van der Waals surface area contributed by atoms with Crippen LogP contribution in [0.2, 0.25) is 0 Å². The lowest BCUT2D eigenvalue weighted by Gasteiger charge is -2.29. The molecule has 4 nitrogen and oxygen atoms in total. The summed E-state index contributed by atoms with van der Waals surface area (Å²) in [6.45, 7) is 0. The van der Waals surface area contributed by atoms with Gasteiger partial charge in [-0.1, -0.05) is 15.9 Å². The second-order valence-corrected chi connectivity index (χ2v) is 3.38. The van der Waals surface area contributed by atoms with Gasteiger partial charge in [-0.25, -0.2) is 0 Å². The standard InChI is InChI=1S/C6H9BrO4/c7-2-1-3(8)5(10)6(11)4(2)9/h1,3-6,8-11H/t3-,4-,5+,6+/m1/s1. The summed E-state index contributed by atoms with van der Waals surface area (Å²) in [5, 5.41) is 36.2. The van der Waals surface area contributed by atoms with Crippen LogP contribution in [0.15, 0.2) is 10.6 Å². The molecular weight excluding hydrogens is 216 g/mol. The third kappa shape index (κ3) is 1.62. The van der Waals surface area contributed by atoms with E-state index in [4.69, 9.17) is 20.4 Å². The maximum atomic E-state index is 9.10. The molecule has 1 rings (SSSR count). The minimum absolute atomic E-state index is 0.294. The molecule has 1 aliphatic carbocycles. The summed E-state index contributed by atoms with van der Waals surface area (Å²) in [7, 11) is 0. The molecule has 1 aliphatic rings. The van der Waals surface area contributed by atoms with Gasteiger partial charge in [0, 0.05) is 4.48 Å². The van der Waals surface area contributed by atoms with E-state index in [-0.39, 0.29) is 0 Å². The average molecular weight is 225 g/mol. The number of aliphatic hydroxyl groups excluding tert-OH is 4. The molecule has 0 saturated carbocycles. The van der Waals surface area contributed by atoms with Crippen LogP contribution < -0.4 is 0 Å². The molecule has 4 N–H and O–H groups in total. The topological polar surface area (TPSA) is 80.9 Å². The first-order chi connectivity index (χ1) is 5.04. The third-order valence-electron chi connectivity index (χ3n) is 1.64. The Hall–Kier alpha value is 0.0600. The lowest BCUT2D eigenvalue weighted by molar-refractivity contribution is -0.0894. The Labute approximate surface area is 71.9 Å². The normalized spacial score (nSPS) is 45.4. The van der Waals surface area contributed by atoms with Crippen molar-refractivity contribution in [1.82, 2.24) is 0 Å². The van der Waals surface area contributed by atoms with E-state index in [1.54, 1.807) is 0 Å². The monoisotopic (exact) mass is 224 g/mol. The first-order valence-corrected chi connectivity index (χ1v) is 3.93. The second-order valence-electron chi connectivity index (χ2n) is 2.47. The van der Waals surface area contributed by atoms with Crippen molar-refractivity contribution in [3.05, 3.63) is 10.6 Å². The molecule has 0 aromatic rings. The van der Waals surface area contributed by atoms with Crippen LogP contribution in [0.1, 0.15) is 0 Å². The molecule has 0 aromatic carbocycles. The van der Waals surface area contributed by atoms with Crippen molar-refractivity contribution in [3.63, 3.8) is 0 Å². The van der Waals surface area contributed by atoms with Gasteiger partial charge in [0.05, 0.1) is 0 Å². The van der Waals surface area contributed by atoms with Gasteiger partial charge in [-0.3, -0.25) is 0 Å². The largest absolute Gasteiger partial charge is 0.387 e. The van der Waals surface area contributed by atoms with E-state index in [9.17, 15) is 0 Å². The van der Waals surface area contributed by atoms with Crippen LogP contribution in [-0.4, -0.2) is 44.8 Å². The minimum Gasteiger partial charge on any atom is -0.387 e. The second kappa shape index (κ2) is 3.20. The number of hydrogen-bond donors (Lipinski definition) is 4. The van der Waals surface area contributed by atoms with E-state index in [1.807, 2.05) is 0 Å². The smallest absolute Gasteiger partial charge is 0.114 e. The van der Waals surface area contributed by atoms with Crippen molar-refractivity contribution in [2.24, 2.45) is 0 Å². The molecular formula is C6H9BrO4. The lowest BCUT2D eigenvalue weighted by atomic mass is 9.96. The van der Waals surface area contributed by atoms with Crippen LogP contribution in [-0.2, 0) is 0 Å². The predicted octanol–water partition coefficient (Wildman–Crippen LogP) is -1.28. The highest BCUT2D eigenvalue weighted by Gasteiger charge is 2.35. The van der Waals surface area contributed by atoms with E-state index < -0.39 is 24.4 Å². The SMILES string of the molecule is O[C@@H]1[C@@H](O)[C@H](O)C(Br)=C[C@H]1O. The van der Waals surface area contributed by atoms with E-state index in [2.05, 4.69) is 15.9 Å². The average Bonchev–Trinajstić information content (AvgIpc) is 1.97. The van der Waals surface area contributed by atoms with E-state index in [1.165, 1.54) is 6.08 Å². The van der Waals surface area contributed by atoms with Crippen LogP contribution in [0.3, 0.4) is 0 Å². The molecule has 0 saturated heterocycles. The van der Waals surface area contributed by atoms with Crippen molar-refractivity contribution in [2.75, 3.05) is 0 Å². The summed E-state index contributed by atoms with van der Waals surface area (Å²) in [6.07, 6.45) is -3.66. The van der Waals surface area contributed by atoms with Gasteiger partial charge in [-0.05, 0) is 6.08 Å². The predicted molar refractivity (Wildman–Crippen MR) is 41.0 cm³/mol. The van der Waals surface area contributed by atoms with Gasteiger partial charge in [0.2, 0.25) is 0 Å². The molecule has 0 aromatic heterocycles. The molecule has 0 spiro atoms. The molecule has 0 heterocycles. The Morgan fingerprint density at radius 2 is 1.64 bits per heavy atom. The zero-order chi connectivity index (χ0) is 8.59. The molecule has 0 radical (unpaired) electrons. The van der Waals surface area contributed by atoms with Crippen LogP contribution in [0.4, 0.5) is 0 Å². The minimum atomic E-state index is -1.33. The molecule has 4 atom stereocenters. The van der Waals surface area contributed by atoms with Crippen molar-refractivity contribution in [2.45, 2.75) is 24.4 Å². The van der Waals surface area contributed by atoms with Gasteiger partial charge in [-0.2, -0.15) is 0 Å². The summed E-state index contributed by atoms with van der Waals surface area (Å²) in [6, 6.07) is 0. The third-order valence-corrected chi connectivity index (χ3v) is 2.37. The quantitative estimate of drug-likeness (QED) is 0.414. The van der Waals surface area contributed by atoms with Crippen LogP contribution in [0.5, 0.6) is 0 Å². The fourth-order valence-electron chi connectivity index (χ4n) is 0.912. The Bertz CT molecular complexity index is 181. The zero-order valence-electron chi connectivity index (χ0n) is 5.55. The molecule has 0 unspecified atom stereocenters. The van der Waals surface area contributed by atoms with Crippen molar-refractivity contribution in [3.8, 4) is 0 Å². The van der Waals surface area contributed by atoms with Crippen LogP contribution in [0, 0.1) is 0 Å². The summed E-state index contributed by atoms with van der Waals surface area (Å²) in [5.74, 6) is 0. The number of rotatable bonds is 0. The van der Waals surface area contributed by atoms with Crippen LogP contribution >= 0.6 is 15.9 Å². The number of halogens is 1. The highest BCUT2D eigenvalue weighted by atomic mass is 79.9. The van der Waals surface area contributed by atoms with Crippen molar-refractivity contribution < 1.29 is 20.4 Å². The zero-order valence-corrected chi connectivity index (χ0v) is 7.14.